The third-order valence-corrected chi connectivity index (χ3v) is 9.27. The first-order valence-electron chi connectivity index (χ1n) is 12.2. The van der Waals surface area contributed by atoms with Crippen LogP contribution < -0.4 is 4.74 Å². The van der Waals surface area contributed by atoms with E-state index in [4.69, 9.17) is 9.47 Å². The fourth-order valence-corrected chi connectivity index (χ4v) is 7.74. The van der Waals surface area contributed by atoms with Crippen LogP contribution in [0.15, 0.2) is 60.7 Å². The van der Waals surface area contributed by atoms with Crippen LogP contribution in [-0.4, -0.2) is 12.6 Å². The molecule has 0 bridgehead atoms. The first-order chi connectivity index (χ1) is 17.3. The van der Waals surface area contributed by atoms with E-state index in [1.807, 2.05) is 13.8 Å². The van der Waals surface area contributed by atoms with Crippen LogP contribution in [0.4, 0.5) is 8.78 Å². The van der Waals surface area contributed by atoms with Gasteiger partial charge in [0.1, 0.15) is 11.4 Å². The van der Waals surface area contributed by atoms with Gasteiger partial charge in [0.15, 0.2) is 32.7 Å². The summed E-state index contributed by atoms with van der Waals surface area (Å²) in [7, 11) is -0.129. The molecule has 1 saturated carbocycles. The Morgan fingerprint density at radius 1 is 0.917 bits per heavy atom. The van der Waals surface area contributed by atoms with Gasteiger partial charge < -0.3 is 9.47 Å². The molecule has 4 aromatic rings. The molecule has 0 amide bonds. The molecule has 0 saturated heterocycles. The molecule has 1 atom stereocenters. The molecule has 0 aliphatic heterocycles. The zero-order valence-corrected chi connectivity index (χ0v) is 21.5. The predicted molar refractivity (Wildman–Crippen MR) is 140 cm³/mol. The van der Waals surface area contributed by atoms with Crippen LogP contribution in [-0.2, 0) is 15.1 Å². The normalized spacial score (nSPS) is 15.3. The van der Waals surface area contributed by atoms with E-state index in [0.29, 0.717) is 24.2 Å². The summed E-state index contributed by atoms with van der Waals surface area (Å²) in [5, 5.41) is 1.26. The summed E-state index contributed by atoms with van der Waals surface area (Å²) in [4.78, 5) is 15.4. The zero-order chi connectivity index (χ0) is 25.4. The Labute approximate surface area is 212 Å². The molecule has 1 aromatic heterocycles. The van der Waals surface area contributed by atoms with Crippen molar-refractivity contribution < 1.29 is 23.0 Å². The number of thiophene rings is 1. The molecule has 6 heteroatoms. The number of rotatable bonds is 6. The number of benzene rings is 3. The van der Waals surface area contributed by atoms with Gasteiger partial charge in [0.05, 0.1) is 0 Å². The minimum Gasteiger partial charge on any atom is -0.481 e. The van der Waals surface area contributed by atoms with Gasteiger partial charge in [-0.15, -0.1) is 0 Å². The van der Waals surface area contributed by atoms with Crippen LogP contribution in [0.1, 0.15) is 47.3 Å². The number of halogens is 2. The summed E-state index contributed by atoms with van der Waals surface area (Å²) < 4.78 is 40.5. The molecule has 1 unspecified atom stereocenters. The molecule has 1 heterocycles. The number of carbonyl (C=O) groups excluding carboxylic acids is 1. The fourth-order valence-electron chi connectivity index (χ4n) is 5.36. The highest BCUT2D eigenvalue weighted by atomic mass is 32.2. The number of hydrogen-bond acceptors (Lipinski definition) is 3. The van der Waals surface area contributed by atoms with Crippen molar-refractivity contribution in [2.45, 2.75) is 52.1 Å². The molecular formula is C30H29F2O3S+. The van der Waals surface area contributed by atoms with Crippen LogP contribution in [0.3, 0.4) is 0 Å². The van der Waals surface area contributed by atoms with Crippen LogP contribution in [0.2, 0.25) is 0 Å². The van der Waals surface area contributed by atoms with E-state index >= 15 is 0 Å². The smallest absolute Gasteiger partial charge is 0.345 e. The van der Waals surface area contributed by atoms with E-state index in [9.17, 15) is 13.6 Å². The minimum atomic E-state index is -0.941. The van der Waals surface area contributed by atoms with Crippen molar-refractivity contribution >= 4 is 26.5 Å². The Morgan fingerprint density at radius 2 is 1.61 bits per heavy atom. The van der Waals surface area contributed by atoms with Crippen LogP contribution >= 0.6 is 10.5 Å². The Balaban J connectivity index is 1.34. The molecule has 1 aliphatic carbocycles. The topological polar surface area (TPSA) is 35.5 Å². The molecule has 0 radical (unpaired) electrons. The maximum absolute atomic E-state index is 13.9. The van der Waals surface area contributed by atoms with Crippen molar-refractivity contribution in [3.05, 3.63) is 93.9 Å². The summed E-state index contributed by atoms with van der Waals surface area (Å²) in [5.41, 5.74) is 1.46. The molecular weight excluding hydrogens is 478 g/mol. The van der Waals surface area contributed by atoms with Gasteiger partial charge in [0.25, 0.3) is 0 Å². The van der Waals surface area contributed by atoms with Gasteiger partial charge in [-0.05, 0) is 80.5 Å². The lowest BCUT2D eigenvalue weighted by atomic mass is 9.91. The second-order valence-corrected chi connectivity index (χ2v) is 11.7. The Kier molecular flexibility index (Phi) is 6.56. The van der Waals surface area contributed by atoms with Crippen molar-refractivity contribution in [3.8, 4) is 10.6 Å². The third kappa shape index (κ3) is 4.50. The minimum absolute atomic E-state index is 0.129. The largest absolute Gasteiger partial charge is 0.481 e. The first kappa shape index (κ1) is 24.4. The van der Waals surface area contributed by atoms with Gasteiger partial charge in [-0.3, -0.25) is 0 Å². The second-order valence-electron chi connectivity index (χ2n) is 9.58. The lowest BCUT2D eigenvalue weighted by molar-refractivity contribution is -0.163. The Morgan fingerprint density at radius 3 is 2.31 bits per heavy atom. The number of ether oxygens (including phenoxy) is 2. The zero-order valence-electron chi connectivity index (χ0n) is 20.7. The molecule has 5 rings (SSSR count). The monoisotopic (exact) mass is 507 g/mol. The van der Waals surface area contributed by atoms with Crippen LogP contribution in [0.5, 0.6) is 5.75 Å². The maximum atomic E-state index is 13.9. The Bertz CT molecular complexity index is 1430. The predicted octanol–water partition coefficient (Wildman–Crippen LogP) is 8.17. The summed E-state index contributed by atoms with van der Waals surface area (Å²) >= 11 is 0. The average Bonchev–Trinajstić information content (AvgIpc) is 3.44. The molecule has 0 spiro atoms. The van der Waals surface area contributed by atoms with Gasteiger partial charge in [-0.1, -0.05) is 18.2 Å². The van der Waals surface area contributed by atoms with Crippen molar-refractivity contribution in [1.29, 1.82) is 0 Å². The fraction of sp³-hybridized carbons (Fsp3) is 0.300. The summed E-state index contributed by atoms with van der Waals surface area (Å²) in [6.45, 7) is 5.89. The van der Waals surface area contributed by atoms with Gasteiger partial charge in [-0.2, -0.15) is 0 Å². The molecule has 186 valence electrons. The Hall–Kier alpha value is -3.25. The lowest BCUT2D eigenvalue weighted by Crippen LogP contribution is -2.32. The van der Waals surface area contributed by atoms with Crippen molar-refractivity contribution in [2.24, 2.45) is 0 Å². The quantitative estimate of drug-likeness (QED) is 0.195. The van der Waals surface area contributed by atoms with E-state index < -0.39 is 23.2 Å². The molecule has 3 nitrogen and oxygen atoms in total. The number of esters is 1. The number of carbonyl (C=O) groups is 1. The molecule has 1 aliphatic rings. The highest BCUT2D eigenvalue weighted by molar-refractivity contribution is 7.45. The van der Waals surface area contributed by atoms with Crippen molar-refractivity contribution in [2.75, 3.05) is 6.61 Å². The summed E-state index contributed by atoms with van der Waals surface area (Å²) in [5.74, 6) is -1.70. The van der Waals surface area contributed by atoms with E-state index in [-0.39, 0.29) is 17.1 Å². The highest BCUT2D eigenvalue weighted by Gasteiger charge is 2.40. The number of aryl methyl sites for hydroxylation is 3. The van der Waals surface area contributed by atoms with Gasteiger partial charge in [0, 0.05) is 41.0 Å². The van der Waals surface area contributed by atoms with E-state index in [1.165, 1.54) is 25.9 Å². The van der Waals surface area contributed by atoms with Gasteiger partial charge >= 0.3 is 5.97 Å². The molecule has 3 aromatic carbocycles. The van der Waals surface area contributed by atoms with Crippen LogP contribution in [0, 0.1) is 32.4 Å². The number of hydrogen-bond donors (Lipinski definition) is 0. The van der Waals surface area contributed by atoms with Gasteiger partial charge in [-0.25, -0.2) is 13.6 Å². The highest BCUT2D eigenvalue weighted by Crippen LogP contribution is 2.46. The van der Waals surface area contributed by atoms with E-state index in [1.54, 1.807) is 0 Å². The van der Waals surface area contributed by atoms with Crippen LogP contribution in [0.25, 0.3) is 15.0 Å². The van der Waals surface area contributed by atoms with Crippen molar-refractivity contribution in [1.82, 2.24) is 0 Å². The molecule has 36 heavy (non-hydrogen) atoms. The summed E-state index contributed by atoms with van der Waals surface area (Å²) in [6.07, 6.45) is 2.86. The third-order valence-electron chi connectivity index (χ3n) is 6.99. The van der Waals surface area contributed by atoms with E-state index in [2.05, 4.69) is 49.4 Å². The SMILES string of the molecule is Cc1cc(-[s+]2c(C)cc3ccccc32)cc(C)c1OCC(=O)OC1(c2ccc(F)c(F)c2)CCCC1. The standard InChI is InChI=1S/C30H29F2O3S/c1-19-14-24(36-21(3)16-22-8-4-5-9-27(22)36)15-20(2)29(19)34-18-28(33)35-30(12-6-7-13-30)23-10-11-25(31)26(32)17-23/h4-5,8-11,14-17H,6-7,12-13,18H2,1-3H3/q+1. The molecule has 0 N–H and O–H groups in total. The first-order valence-corrected chi connectivity index (χ1v) is 13.4. The van der Waals surface area contributed by atoms with Crippen molar-refractivity contribution in [3.63, 3.8) is 0 Å². The molecule has 1 fully saturated rings. The number of fused-ring (bicyclic) bond motifs is 1. The second kappa shape index (κ2) is 9.66. The maximum Gasteiger partial charge on any atom is 0.345 e. The average molecular weight is 508 g/mol. The van der Waals surface area contributed by atoms with Gasteiger partial charge in [0.2, 0.25) is 0 Å². The lowest BCUT2D eigenvalue weighted by Gasteiger charge is -2.30. The van der Waals surface area contributed by atoms with E-state index in [0.717, 1.165) is 36.1 Å². The summed E-state index contributed by atoms with van der Waals surface area (Å²) in [6, 6.07) is 18.7.